The van der Waals surface area contributed by atoms with Gasteiger partial charge >= 0.3 is 31.4 Å². The molecular formula is C56H102F2N3O11P. The molecule has 1 aliphatic rings. The van der Waals surface area contributed by atoms with Crippen LogP contribution in [0.1, 0.15) is 277 Å². The Bertz CT molecular complexity index is 1640. The molecule has 0 spiro atoms. The summed E-state index contributed by atoms with van der Waals surface area (Å²) in [4.78, 5) is 51.7. The fraction of sp³-hybridized carbons (Fsp3) is 0.893. The van der Waals surface area contributed by atoms with Crippen LogP contribution in [-0.4, -0.2) is 75.5 Å². The first-order valence-corrected chi connectivity index (χ1v) is 30.8. The second kappa shape index (κ2) is 42.6. The number of phosphoric acid groups is 1. The van der Waals surface area contributed by atoms with E-state index in [0.29, 0.717) is 17.4 Å². The number of hydrogen-bond acceptors (Lipinski definition) is 12. The summed E-state index contributed by atoms with van der Waals surface area (Å²) < 4.78 is 69.5. The van der Waals surface area contributed by atoms with Crippen molar-refractivity contribution >= 4 is 25.6 Å². The van der Waals surface area contributed by atoms with E-state index in [-0.39, 0.29) is 18.7 Å². The molecular weight excluding hydrogens is 960 g/mol. The van der Waals surface area contributed by atoms with Crippen LogP contribution >= 0.6 is 7.82 Å². The molecule has 0 aliphatic carbocycles. The molecule has 1 saturated heterocycles. The van der Waals surface area contributed by atoms with Gasteiger partial charge in [0.25, 0.3) is 0 Å². The summed E-state index contributed by atoms with van der Waals surface area (Å²) in [6.07, 6.45) is 40.1. The number of halogens is 2. The highest BCUT2D eigenvalue weighted by molar-refractivity contribution is 7.47. The van der Waals surface area contributed by atoms with Crippen molar-refractivity contribution in [2.45, 2.75) is 301 Å². The molecule has 2 unspecified atom stereocenters. The number of carbonyl (C=O) groups is 2. The Morgan fingerprint density at radius 1 is 0.644 bits per heavy atom. The van der Waals surface area contributed by atoms with Gasteiger partial charge in [-0.25, -0.2) is 9.36 Å². The quantitative estimate of drug-likeness (QED) is 0.0317. The Morgan fingerprint density at radius 3 is 1.40 bits per heavy atom. The second-order valence-electron chi connectivity index (χ2n) is 20.8. The number of ether oxygens (including phenoxy) is 3. The minimum Gasteiger partial charge on any atom is -0.462 e. The van der Waals surface area contributed by atoms with Crippen LogP contribution in [0.15, 0.2) is 17.1 Å². The van der Waals surface area contributed by atoms with Gasteiger partial charge in [-0.05, 0) is 18.9 Å². The van der Waals surface area contributed by atoms with E-state index in [1.807, 2.05) is 0 Å². The topological polar surface area (TPSA) is 199 Å². The van der Waals surface area contributed by atoms with Crippen LogP contribution in [0.5, 0.6) is 0 Å². The number of nitrogen functional groups attached to an aromatic ring is 1. The average molecular weight is 1060 g/mol. The molecule has 0 saturated carbocycles. The van der Waals surface area contributed by atoms with Crippen LogP contribution in [0.3, 0.4) is 0 Å². The Hall–Kier alpha value is -2.49. The molecule has 1 aromatic heterocycles. The van der Waals surface area contributed by atoms with Crippen molar-refractivity contribution in [2.24, 2.45) is 0 Å². The van der Waals surface area contributed by atoms with Crippen LogP contribution in [0.2, 0.25) is 0 Å². The molecule has 0 amide bonds. The van der Waals surface area contributed by atoms with Crippen LogP contribution in [0.4, 0.5) is 14.6 Å². The van der Waals surface area contributed by atoms with Crippen LogP contribution < -0.4 is 11.4 Å². The molecule has 14 nitrogen and oxygen atoms in total. The molecule has 1 aliphatic heterocycles. The summed E-state index contributed by atoms with van der Waals surface area (Å²) in [5.74, 6) is -5.33. The molecule has 0 bridgehead atoms. The highest BCUT2D eigenvalue weighted by Gasteiger charge is 2.60. The predicted octanol–water partition coefficient (Wildman–Crippen LogP) is 15.0. The third-order valence-corrected chi connectivity index (χ3v) is 15.0. The summed E-state index contributed by atoms with van der Waals surface area (Å²) in [7, 11) is -5.04. The van der Waals surface area contributed by atoms with E-state index < -0.39 is 75.7 Å². The van der Waals surface area contributed by atoms with Crippen molar-refractivity contribution in [2.75, 3.05) is 25.6 Å². The lowest BCUT2D eigenvalue weighted by atomic mass is 10.0. The number of rotatable bonds is 50. The van der Waals surface area contributed by atoms with Crippen LogP contribution in [0, 0.1) is 0 Å². The zero-order valence-electron chi connectivity index (χ0n) is 45.6. The van der Waals surface area contributed by atoms with Gasteiger partial charge in [0, 0.05) is 19.0 Å². The Morgan fingerprint density at radius 2 is 1.01 bits per heavy atom. The first-order chi connectivity index (χ1) is 35.3. The highest BCUT2D eigenvalue weighted by Crippen LogP contribution is 2.47. The van der Waals surface area contributed by atoms with Crippen molar-refractivity contribution in [3.63, 3.8) is 0 Å². The maximum Gasteiger partial charge on any atom is 0.472 e. The molecule has 426 valence electrons. The van der Waals surface area contributed by atoms with Crippen molar-refractivity contribution in [3.8, 4) is 0 Å². The van der Waals surface area contributed by atoms with Gasteiger partial charge in [-0.3, -0.25) is 23.2 Å². The lowest BCUT2D eigenvalue weighted by Gasteiger charge is -2.21. The lowest BCUT2D eigenvalue weighted by Crippen LogP contribution is -2.42. The number of aromatic nitrogens is 2. The SMILES string of the molecule is CCCCCCCCCCCCCCCCCCCCCC(=O)OC[C@H](COP(=O)(O)OC[C@H]1O[C@@H](n2ccc(N)nc2=O)C(F)(F)C1O)OC(=O)CCCCCCCCCCCCCCCCCCCCC. The predicted molar refractivity (Wildman–Crippen MR) is 286 cm³/mol. The monoisotopic (exact) mass is 1060 g/mol. The fourth-order valence-electron chi connectivity index (χ4n) is 9.41. The van der Waals surface area contributed by atoms with Crippen LogP contribution in [0.25, 0.3) is 0 Å². The number of aliphatic hydroxyl groups excluding tert-OH is 1. The third kappa shape index (κ3) is 33.3. The van der Waals surface area contributed by atoms with E-state index >= 15 is 8.78 Å². The molecule has 2 rings (SSSR count). The Balaban J connectivity index is 1.70. The number of nitrogens with two attached hydrogens (primary N) is 1. The van der Waals surface area contributed by atoms with E-state index in [1.165, 1.54) is 186 Å². The van der Waals surface area contributed by atoms with Gasteiger partial charge < -0.3 is 29.9 Å². The van der Waals surface area contributed by atoms with E-state index in [1.54, 1.807) is 0 Å². The van der Waals surface area contributed by atoms with E-state index in [4.69, 9.17) is 29.0 Å². The molecule has 73 heavy (non-hydrogen) atoms. The number of anilines is 1. The van der Waals surface area contributed by atoms with Gasteiger partial charge in [0.2, 0.25) is 6.23 Å². The number of nitrogens with zero attached hydrogens (tertiary/aromatic N) is 2. The standard InChI is InChI=1S/C56H102F2N3O11P/c1-3-5-7-9-11-13-15-17-19-21-23-25-27-29-31-33-35-37-39-41-51(62)68-45-48(71-52(63)42-40-38-36-34-32-30-28-26-24-22-20-18-16-14-12-10-8-6-4-2)46-69-73(66,67)70-47-49-53(64)56(57,58)54(72-49)61-44-43-50(59)60-55(61)65/h43-44,48-49,53-54,64H,3-42,45-47H2,1-2H3,(H,66,67)(H2,59,60,65)/t48-,49-,53?,54-/m1/s1. The molecule has 4 N–H and O–H groups in total. The average Bonchev–Trinajstić information content (AvgIpc) is 3.59. The number of alkyl halides is 2. The fourth-order valence-corrected chi connectivity index (χ4v) is 10.2. The van der Waals surface area contributed by atoms with Gasteiger partial charge in [-0.1, -0.05) is 245 Å². The molecule has 1 fully saturated rings. The zero-order chi connectivity index (χ0) is 53.3. The van der Waals surface area contributed by atoms with Crippen LogP contribution in [-0.2, 0) is 37.4 Å². The Labute approximate surface area is 439 Å². The summed E-state index contributed by atoms with van der Waals surface area (Å²) in [5.41, 5.74) is 4.30. The molecule has 1 aromatic rings. The number of hydrogen-bond donors (Lipinski definition) is 3. The highest BCUT2D eigenvalue weighted by atomic mass is 31.2. The molecule has 5 atom stereocenters. The number of phosphoric ester groups is 1. The Kier molecular flexibility index (Phi) is 38.9. The van der Waals surface area contributed by atoms with Gasteiger partial charge in [0.15, 0.2) is 12.2 Å². The third-order valence-electron chi connectivity index (χ3n) is 14.0. The normalized spacial score (nSPS) is 17.7. The van der Waals surface area contributed by atoms with Crippen molar-refractivity contribution in [3.05, 3.63) is 22.7 Å². The lowest BCUT2D eigenvalue weighted by molar-refractivity contribution is -0.161. The number of carbonyl (C=O) groups excluding carboxylic acids is 2. The smallest absolute Gasteiger partial charge is 0.462 e. The number of aliphatic hydroxyl groups is 1. The molecule has 0 aromatic carbocycles. The zero-order valence-corrected chi connectivity index (χ0v) is 46.5. The minimum atomic E-state index is -5.04. The van der Waals surface area contributed by atoms with Crippen molar-refractivity contribution < 1.29 is 56.2 Å². The van der Waals surface area contributed by atoms with Gasteiger partial charge in [0.1, 0.15) is 18.5 Å². The number of esters is 2. The number of unbranched alkanes of at least 4 members (excludes halogenated alkanes) is 36. The van der Waals surface area contributed by atoms with E-state index in [9.17, 15) is 28.9 Å². The summed E-state index contributed by atoms with van der Waals surface area (Å²) >= 11 is 0. The minimum absolute atomic E-state index is 0.0921. The van der Waals surface area contributed by atoms with E-state index in [2.05, 4.69) is 18.8 Å². The maximum absolute atomic E-state index is 15.0. The summed E-state index contributed by atoms with van der Waals surface area (Å²) in [5, 5.41) is 10.3. The largest absolute Gasteiger partial charge is 0.472 e. The molecule has 17 heteroatoms. The second-order valence-corrected chi connectivity index (χ2v) is 22.2. The van der Waals surface area contributed by atoms with Gasteiger partial charge in [0.05, 0.1) is 13.2 Å². The summed E-state index contributed by atoms with van der Waals surface area (Å²) in [6, 6.07) is 1.10. The first-order valence-electron chi connectivity index (χ1n) is 29.3. The molecule has 0 radical (unpaired) electrons. The first kappa shape index (κ1) is 66.6. The molecule has 2 heterocycles. The van der Waals surface area contributed by atoms with Crippen molar-refractivity contribution in [1.29, 1.82) is 0 Å². The van der Waals surface area contributed by atoms with Gasteiger partial charge in [-0.15, -0.1) is 0 Å². The van der Waals surface area contributed by atoms with E-state index in [0.717, 1.165) is 57.2 Å². The maximum atomic E-state index is 15.0. The van der Waals surface area contributed by atoms with Gasteiger partial charge in [-0.2, -0.15) is 13.8 Å². The summed E-state index contributed by atoms with van der Waals surface area (Å²) in [6.45, 7) is 2.33. The van der Waals surface area contributed by atoms with Crippen molar-refractivity contribution in [1.82, 2.24) is 9.55 Å².